The Morgan fingerprint density at radius 3 is 1.01 bits per heavy atom. The van der Waals surface area contributed by atoms with E-state index in [-0.39, 0.29) is 0 Å². The molecule has 0 spiro atoms. The molecule has 0 N–H and O–H groups in total. The fraction of sp³-hybridized carbons (Fsp3) is 0. The molecule has 0 saturated heterocycles. The predicted octanol–water partition coefficient (Wildman–Crippen LogP) is 21.6. The van der Waals surface area contributed by atoms with Crippen molar-refractivity contribution in [1.29, 1.82) is 0 Å². The lowest BCUT2D eigenvalue weighted by molar-refractivity contribution is 1.27. The van der Waals surface area contributed by atoms with Crippen LogP contribution in [-0.2, 0) is 0 Å². The second-order valence-corrected chi connectivity index (χ2v) is 22.8. The van der Waals surface area contributed by atoms with Crippen molar-refractivity contribution in [3.63, 3.8) is 0 Å². The van der Waals surface area contributed by atoms with Gasteiger partial charge in [0, 0.05) is 121 Å². The summed E-state index contributed by atoms with van der Waals surface area (Å²) in [4.78, 5) is 7.36. The van der Waals surface area contributed by atoms with Crippen LogP contribution >= 0.6 is 45.3 Å². The highest BCUT2D eigenvalue weighted by atomic mass is 32.1. The maximum Gasteiger partial charge on any atom is 0.0661 e. The van der Waals surface area contributed by atoms with E-state index in [0.717, 1.165) is 51.2 Å². The minimum Gasteiger partial charge on any atom is -0.310 e. The summed E-state index contributed by atoms with van der Waals surface area (Å²) in [5.41, 5.74) is 9.98. The number of hydrogen-bond donors (Lipinski definition) is 0. The Morgan fingerprint density at radius 1 is 0.192 bits per heavy atom. The molecular weight excluding hydrogens is 963 g/mol. The lowest BCUT2D eigenvalue weighted by atomic mass is 10.0. The summed E-state index contributed by atoms with van der Waals surface area (Å²) in [6.07, 6.45) is 0. The van der Waals surface area contributed by atoms with Crippen LogP contribution < -0.4 is 14.7 Å². The molecule has 4 aromatic heterocycles. The number of rotatable bonds is 9. The van der Waals surface area contributed by atoms with Gasteiger partial charge in [-0.2, -0.15) is 0 Å². The summed E-state index contributed by atoms with van der Waals surface area (Å²) in [6, 6.07) is 91.8. The molecule has 0 saturated carbocycles. The number of hydrogen-bond acceptors (Lipinski definition) is 7. The van der Waals surface area contributed by atoms with Crippen molar-refractivity contribution in [3.05, 3.63) is 249 Å². The van der Waals surface area contributed by atoms with Gasteiger partial charge in [-0.1, -0.05) is 127 Å². The van der Waals surface area contributed by atoms with Crippen molar-refractivity contribution >= 4 is 177 Å². The highest BCUT2D eigenvalue weighted by molar-refractivity contribution is 7.27. The van der Waals surface area contributed by atoms with Gasteiger partial charge in [-0.15, -0.1) is 45.3 Å². The molecule has 0 fully saturated rings. The van der Waals surface area contributed by atoms with E-state index < -0.39 is 0 Å². The van der Waals surface area contributed by atoms with Gasteiger partial charge in [-0.25, -0.2) is 0 Å². The zero-order valence-corrected chi connectivity index (χ0v) is 42.4. The fourth-order valence-corrected chi connectivity index (χ4v) is 15.5. The van der Waals surface area contributed by atoms with Gasteiger partial charge in [0.2, 0.25) is 0 Å². The van der Waals surface area contributed by atoms with Crippen molar-refractivity contribution in [2.24, 2.45) is 0 Å². The lowest BCUT2D eigenvalue weighted by Crippen LogP contribution is -2.13. The predicted molar refractivity (Wildman–Crippen MR) is 322 cm³/mol. The quantitative estimate of drug-likeness (QED) is 0.143. The van der Waals surface area contributed by atoms with E-state index >= 15 is 0 Å². The van der Waals surface area contributed by atoms with Crippen LogP contribution in [0, 0.1) is 0 Å². The van der Waals surface area contributed by atoms with Gasteiger partial charge in [0.1, 0.15) is 0 Å². The van der Waals surface area contributed by atoms with E-state index in [1.165, 1.54) is 80.7 Å². The Bertz CT molecular complexity index is 4590. The van der Waals surface area contributed by atoms with Gasteiger partial charge < -0.3 is 14.7 Å². The molecule has 0 atom stereocenters. The molecular formula is C66H41N3S4. The highest BCUT2D eigenvalue weighted by Gasteiger charge is 2.25. The zero-order chi connectivity index (χ0) is 48.0. The topological polar surface area (TPSA) is 9.72 Å². The van der Waals surface area contributed by atoms with Crippen LogP contribution in [0.1, 0.15) is 0 Å². The standard InChI is InChI=1S/C66H41N3S4/c1-4-16-42(17-5-1)67(46-28-32-53-50-22-10-13-25-59(50)70-63(53)39-46)45-31-35-62-56(36-45)57-37-49(68(43-18-6-2-7-19-43)47-29-33-54-51-23-11-14-26-60(51)71-64(54)40-47)38-58(66(57)73-62)69(44-20-8-3-9-21-44)48-30-34-55-52-24-12-15-27-61(52)72-65(55)41-48/h1-41H. The first-order valence-electron chi connectivity index (χ1n) is 24.5. The summed E-state index contributed by atoms with van der Waals surface area (Å²) >= 11 is 7.46. The molecule has 344 valence electrons. The molecule has 0 aliphatic rings. The molecule has 15 rings (SSSR count). The summed E-state index contributed by atoms with van der Waals surface area (Å²) in [7, 11) is 0. The van der Waals surface area contributed by atoms with Crippen LogP contribution in [0.3, 0.4) is 0 Å². The smallest absolute Gasteiger partial charge is 0.0661 e. The van der Waals surface area contributed by atoms with Crippen LogP contribution in [0.2, 0.25) is 0 Å². The molecule has 0 unspecified atom stereocenters. The number of fused-ring (bicyclic) bond motifs is 12. The van der Waals surface area contributed by atoms with Crippen molar-refractivity contribution < 1.29 is 0 Å². The van der Waals surface area contributed by atoms with E-state index in [1.54, 1.807) is 0 Å². The first-order valence-corrected chi connectivity index (χ1v) is 27.7. The van der Waals surface area contributed by atoms with E-state index in [2.05, 4.69) is 263 Å². The lowest BCUT2D eigenvalue weighted by Gasteiger charge is -2.30. The Labute approximate surface area is 437 Å². The molecule has 0 aliphatic carbocycles. The highest BCUT2D eigenvalue weighted by Crippen LogP contribution is 2.52. The molecule has 0 radical (unpaired) electrons. The van der Waals surface area contributed by atoms with Crippen molar-refractivity contribution in [3.8, 4) is 0 Å². The SMILES string of the molecule is c1ccc(N(c2ccc3c(c2)sc2ccccc23)c2ccc3sc4c(N(c5ccccc5)c5ccc6c(c5)sc5ccccc56)cc(N(c5ccccc5)c5ccc6c(c5)sc5ccccc56)cc4c3c2)cc1. The monoisotopic (exact) mass is 1000 g/mol. The van der Waals surface area contributed by atoms with E-state index in [0.29, 0.717) is 0 Å². The van der Waals surface area contributed by atoms with Crippen molar-refractivity contribution in [2.75, 3.05) is 14.7 Å². The molecule has 0 amide bonds. The summed E-state index contributed by atoms with van der Waals surface area (Å²) in [6.45, 7) is 0. The summed E-state index contributed by atoms with van der Waals surface area (Å²) in [5, 5.41) is 10.2. The number of para-hydroxylation sites is 3. The molecule has 73 heavy (non-hydrogen) atoms. The van der Waals surface area contributed by atoms with Crippen LogP contribution in [-0.4, -0.2) is 0 Å². The van der Waals surface area contributed by atoms with E-state index in [9.17, 15) is 0 Å². The third-order valence-corrected chi connectivity index (χ3v) is 18.8. The Morgan fingerprint density at radius 2 is 0.534 bits per heavy atom. The van der Waals surface area contributed by atoms with Gasteiger partial charge in [-0.05, 0) is 121 Å². The average Bonchev–Trinajstić information content (AvgIpc) is 4.22. The second kappa shape index (κ2) is 17.2. The number of anilines is 9. The molecule has 0 aliphatic heterocycles. The Kier molecular flexibility index (Phi) is 9.98. The fourth-order valence-electron chi connectivity index (χ4n) is 10.9. The number of benzene rings is 11. The van der Waals surface area contributed by atoms with Gasteiger partial charge in [0.15, 0.2) is 0 Å². The minimum atomic E-state index is 1.08. The van der Waals surface area contributed by atoms with Crippen molar-refractivity contribution in [1.82, 2.24) is 0 Å². The van der Waals surface area contributed by atoms with Crippen molar-refractivity contribution in [2.45, 2.75) is 0 Å². The maximum absolute atomic E-state index is 2.49. The second-order valence-electron chi connectivity index (χ2n) is 18.5. The average molecular weight is 1000 g/mol. The Balaban J connectivity index is 0.995. The van der Waals surface area contributed by atoms with Crippen LogP contribution in [0.4, 0.5) is 51.2 Å². The molecule has 3 nitrogen and oxygen atoms in total. The van der Waals surface area contributed by atoms with Crippen LogP contribution in [0.25, 0.3) is 80.7 Å². The van der Waals surface area contributed by atoms with Crippen LogP contribution in [0.5, 0.6) is 0 Å². The third-order valence-electron chi connectivity index (χ3n) is 14.2. The summed E-state index contributed by atoms with van der Waals surface area (Å²) < 4.78 is 10.2. The largest absolute Gasteiger partial charge is 0.310 e. The molecule has 15 aromatic rings. The third kappa shape index (κ3) is 7.11. The van der Waals surface area contributed by atoms with Gasteiger partial charge in [-0.3, -0.25) is 0 Å². The molecule has 4 heterocycles. The minimum absolute atomic E-state index is 1.08. The molecule has 11 aromatic carbocycles. The number of thiophene rings is 4. The molecule has 0 bridgehead atoms. The summed E-state index contributed by atoms with van der Waals surface area (Å²) in [5.74, 6) is 0. The zero-order valence-electron chi connectivity index (χ0n) is 39.1. The first-order chi connectivity index (χ1) is 36.2. The Hall–Kier alpha value is -8.30. The van der Waals surface area contributed by atoms with E-state index in [1.807, 2.05) is 45.3 Å². The first kappa shape index (κ1) is 42.4. The van der Waals surface area contributed by atoms with Crippen LogP contribution in [0.15, 0.2) is 249 Å². The van der Waals surface area contributed by atoms with Gasteiger partial charge in [0.25, 0.3) is 0 Å². The van der Waals surface area contributed by atoms with Gasteiger partial charge in [0.05, 0.1) is 10.4 Å². The van der Waals surface area contributed by atoms with E-state index in [4.69, 9.17) is 0 Å². The molecule has 7 heteroatoms. The van der Waals surface area contributed by atoms with Gasteiger partial charge >= 0.3 is 0 Å². The maximum atomic E-state index is 2.49. The number of nitrogens with zero attached hydrogens (tertiary/aromatic N) is 3. The normalized spacial score (nSPS) is 11.8.